The molecule has 0 spiro atoms. The Balaban J connectivity index is 1.01. The van der Waals surface area contributed by atoms with Crippen molar-refractivity contribution in [3.05, 3.63) is 75.5 Å². The highest BCUT2D eigenvalue weighted by molar-refractivity contribution is 5.95. The van der Waals surface area contributed by atoms with E-state index in [9.17, 15) is 28.4 Å². The summed E-state index contributed by atoms with van der Waals surface area (Å²) in [6.07, 6.45) is 7.27. The highest BCUT2D eigenvalue weighted by Gasteiger charge is 2.32. The lowest BCUT2D eigenvalue weighted by Crippen LogP contribution is -2.52. The van der Waals surface area contributed by atoms with Crippen LogP contribution in [-0.2, 0) is 20.7 Å². The summed E-state index contributed by atoms with van der Waals surface area (Å²) < 4.78 is 20.4. The van der Waals surface area contributed by atoms with Gasteiger partial charge in [0.2, 0.25) is 11.8 Å². The second-order valence-corrected chi connectivity index (χ2v) is 15.8. The molecule has 0 radical (unpaired) electrons. The molecule has 1 aliphatic heterocycles. The van der Waals surface area contributed by atoms with E-state index in [0.717, 1.165) is 51.4 Å². The number of nitrogens with one attached hydrogen (secondary N) is 3. The third kappa shape index (κ3) is 11.8. The number of rotatable bonds is 14. The standard InChI is InChI=1S/C41H56FN7O6/c1-41(2,3)55-40(54)44-36(29-13-7-5-8-14-29)38(52)43-19-11-6-12-20-47(4)27-35(50)48-21-23-49(24-22-48)39(53)32-25-28(17-18-33(32)42)26-34-30-15-9-10-16-31(30)37(51)46-45-34/h9-10,15-18,25,29,36H,5-8,11-14,19-24,26-27H2,1-4H3,(H,43,52)(H,44,54)(H,46,51)/t36-/m1/s1. The SMILES string of the molecule is CN(CCCCCNC(=O)[C@H](NC(=O)OC(C)(C)C)C1CCCCC1)CC(=O)N1CCN(C(=O)c2cc(Cc3n[nH]c(=O)c4ccccc34)ccc2F)CC1. The van der Waals surface area contributed by atoms with E-state index in [1.165, 1.54) is 12.1 Å². The normalized spacial score (nSPS) is 15.9. The summed E-state index contributed by atoms with van der Waals surface area (Å²) in [5.74, 6) is -1.15. The lowest BCUT2D eigenvalue weighted by Gasteiger charge is -2.35. The van der Waals surface area contributed by atoms with Gasteiger partial charge in [-0.15, -0.1) is 0 Å². The van der Waals surface area contributed by atoms with E-state index in [1.54, 1.807) is 48.8 Å². The largest absolute Gasteiger partial charge is 0.444 e. The van der Waals surface area contributed by atoms with Gasteiger partial charge in [-0.2, -0.15) is 5.10 Å². The molecule has 13 nitrogen and oxygen atoms in total. The van der Waals surface area contributed by atoms with Gasteiger partial charge >= 0.3 is 6.09 Å². The van der Waals surface area contributed by atoms with Crippen molar-refractivity contribution in [3.8, 4) is 0 Å². The molecule has 1 saturated carbocycles. The number of unbranched alkanes of at least 4 members (excludes halogenated alkanes) is 2. The molecular formula is C41H56FN7O6. The van der Waals surface area contributed by atoms with Crippen molar-refractivity contribution < 1.29 is 28.3 Å². The number of likely N-dealkylation sites (N-methyl/N-ethyl adjacent to an activating group) is 1. The number of hydrogen-bond acceptors (Lipinski definition) is 8. The van der Waals surface area contributed by atoms with Crippen LogP contribution in [0.1, 0.15) is 93.8 Å². The Bertz CT molecular complexity index is 1860. The number of alkyl carbamates (subject to hydrolysis) is 1. The maximum absolute atomic E-state index is 14.9. The predicted octanol–water partition coefficient (Wildman–Crippen LogP) is 4.63. The smallest absolute Gasteiger partial charge is 0.408 e. The zero-order chi connectivity index (χ0) is 39.5. The number of aromatic amines is 1. The summed E-state index contributed by atoms with van der Waals surface area (Å²) in [4.78, 5) is 69.6. The zero-order valence-electron chi connectivity index (χ0n) is 32.6. The molecule has 2 aliphatic rings. The number of benzene rings is 2. The van der Waals surface area contributed by atoms with Crippen LogP contribution in [0, 0.1) is 11.7 Å². The average molecular weight is 762 g/mol. The molecule has 0 bridgehead atoms. The Labute approximate surface area is 322 Å². The molecule has 2 aromatic carbocycles. The van der Waals surface area contributed by atoms with Gasteiger partial charge in [0.15, 0.2) is 0 Å². The van der Waals surface area contributed by atoms with E-state index in [4.69, 9.17) is 4.74 Å². The molecule has 298 valence electrons. The van der Waals surface area contributed by atoms with Crippen LogP contribution >= 0.6 is 0 Å². The van der Waals surface area contributed by atoms with E-state index in [2.05, 4.69) is 20.8 Å². The van der Waals surface area contributed by atoms with E-state index < -0.39 is 29.5 Å². The minimum Gasteiger partial charge on any atom is -0.444 e. The number of piperazine rings is 1. The molecule has 1 aliphatic carbocycles. The van der Waals surface area contributed by atoms with E-state index in [1.807, 2.05) is 24.1 Å². The number of H-pyrrole nitrogens is 1. The van der Waals surface area contributed by atoms with Gasteiger partial charge in [-0.05, 0) is 89.7 Å². The Morgan fingerprint density at radius 3 is 2.36 bits per heavy atom. The van der Waals surface area contributed by atoms with Crippen LogP contribution in [0.5, 0.6) is 0 Å². The van der Waals surface area contributed by atoms with Gasteiger partial charge in [0.25, 0.3) is 11.5 Å². The van der Waals surface area contributed by atoms with Crippen molar-refractivity contribution >= 4 is 34.6 Å². The fourth-order valence-corrected chi connectivity index (χ4v) is 7.39. The van der Waals surface area contributed by atoms with Gasteiger partial charge in [-0.25, -0.2) is 14.3 Å². The number of carbonyl (C=O) groups excluding carboxylic acids is 4. The molecule has 1 aromatic heterocycles. The number of aromatic nitrogens is 2. The molecule has 2 fully saturated rings. The van der Waals surface area contributed by atoms with Gasteiger partial charge in [-0.3, -0.25) is 24.1 Å². The molecule has 55 heavy (non-hydrogen) atoms. The molecule has 3 aromatic rings. The zero-order valence-corrected chi connectivity index (χ0v) is 32.6. The van der Waals surface area contributed by atoms with E-state index in [0.29, 0.717) is 67.7 Å². The first-order chi connectivity index (χ1) is 26.3. The molecule has 1 atom stereocenters. The monoisotopic (exact) mass is 761 g/mol. The molecule has 0 unspecified atom stereocenters. The number of fused-ring (bicyclic) bond motifs is 1. The molecule has 14 heteroatoms. The number of nitrogens with zero attached hydrogens (tertiary/aromatic N) is 4. The summed E-state index contributed by atoms with van der Waals surface area (Å²) in [5.41, 5.74) is 0.337. The number of halogens is 1. The molecular weight excluding hydrogens is 705 g/mol. The van der Waals surface area contributed by atoms with Crippen molar-refractivity contribution in [2.24, 2.45) is 5.92 Å². The quantitative estimate of drug-likeness (QED) is 0.201. The van der Waals surface area contributed by atoms with Crippen LogP contribution in [0.2, 0.25) is 0 Å². The first kappa shape index (κ1) is 41.3. The van der Waals surface area contributed by atoms with Crippen LogP contribution in [0.4, 0.5) is 9.18 Å². The minimum atomic E-state index is -0.647. The molecule has 3 N–H and O–H groups in total. The molecule has 2 heterocycles. The lowest BCUT2D eigenvalue weighted by molar-refractivity contribution is -0.133. The van der Waals surface area contributed by atoms with Crippen molar-refractivity contribution in [1.82, 2.24) is 35.5 Å². The van der Waals surface area contributed by atoms with Crippen LogP contribution in [0.3, 0.4) is 0 Å². The van der Waals surface area contributed by atoms with Crippen LogP contribution in [0.15, 0.2) is 47.3 Å². The second-order valence-electron chi connectivity index (χ2n) is 15.8. The van der Waals surface area contributed by atoms with Crippen molar-refractivity contribution in [2.45, 2.75) is 90.2 Å². The number of amides is 4. The Morgan fingerprint density at radius 1 is 0.964 bits per heavy atom. The maximum Gasteiger partial charge on any atom is 0.408 e. The van der Waals surface area contributed by atoms with E-state index >= 15 is 0 Å². The summed E-state index contributed by atoms with van der Waals surface area (Å²) >= 11 is 0. The maximum atomic E-state index is 14.9. The van der Waals surface area contributed by atoms with Crippen LogP contribution in [0.25, 0.3) is 10.8 Å². The summed E-state index contributed by atoms with van der Waals surface area (Å²) in [6, 6.07) is 11.0. The van der Waals surface area contributed by atoms with Gasteiger partial charge in [-0.1, -0.05) is 49.9 Å². The Morgan fingerprint density at radius 2 is 1.65 bits per heavy atom. The minimum absolute atomic E-state index is 0.0260. The summed E-state index contributed by atoms with van der Waals surface area (Å²) in [7, 11) is 1.90. The number of carbonyl (C=O) groups is 4. The third-order valence-electron chi connectivity index (χ3n) is 10.3. The summed E-state index contributed by atoms with van der Waals surface area (Å²) in [5, 5.41) is 13.8. The van der Waals surface area contributed by atoms with Crippen LogP contribution < -0.4 is 16.2 Å². The lowest BCUT2D eigenvalue weighted by atomic mass is 9.83. The van der Waals surface area contributed by atoms with Crippen molar-refractivity contribution in [3.63, 3.8) is 0 Å². The second kappa shape index (κ2) is 19.1. The van der Waals surface area contributed by atoms with Crippen LogP contribution in [-0.4, -0.2) is 113 Å². The number of hydrogen-bond donors (Lipinski definition) is 3. The van der Waals surface area contributed by atoms with Gasteiger partial charge in [0.1, 0.15) is 17.5 Å². The molecule has 1 saturated heterocycles. The first-order valence-corrected chi connectivity index (χ1v) is 19.6. The third-order valence-corrected chi connectivity index (χ3v) is 10.3. The molecule has 4 amide bonds. The van der Waals surface area contributed by atoms with Crippen molar-refractivity contribution in [1.29, 1.82) is 0 Å². The first-order valence-electron chi connectivity index (χ1n) is 19.6. The van der Waals surface area contributed by atoms with Gasteiger partial charge in [0.05, 0.1) is 23.2 Å². The highest BCUT2D eigenvalue weighted by atomic mass is 19.1. The Kier molecular flexibility index (Phi) is 14.4. The van der Waals surface area contributed by atoms with Gasteiger partial charge < -0.3 is 25.2 Å². The topological polar surface area (TPSA) is 157 Å². The highest BCUT2D eigenvalue weighted by Crippen LogP contribution is 2.27. The Hall–Kier alpha value is -4.85. The fraction of sp³-hybridized carbons (Fsp3) is 0.561. The fourth-order valence-electron chi connectivity index (χ4n) is 7.39. The van der Waals surface area contributed by atoms with E-state index in [-0.39, 0.29) is 35.4 Å². The van der Waals surface area contributed by atoms with Crippen molar-refractivity contribution in [2.75, 3.05) is 52.9 Å². The summed E-state index contributed by atoms with van der Waals surface area (Å²) in [6.45, 7) is 8.16. The average Bonchev–Trinajstić information content (AvgIpc) is 3.16. The predicted molar refractivity (Wildman–Crippen MR) is 208 cm³/mol. The number of ether oxygens (including phenoxy) is 1. The van der Waals surface area contributed by atoms with Gasteiger partial charge in [0, 0.05) is 44.5 Å². The molecule has 5 rings (SSSR count).